The van der Waals surface area contributed by atoms with Crippen molar-refractivity contribution in [3.63, 3.8) is 0 Å². The van der Waals surface area contributed by atoms with E-state index in [1.54, 1.807) is 0 Å². The van der Waals surface area contributed by atoms with Gasteiger partial charge in [0.05, 0.1) is 0 Å². The van der Waals surface area contributed by atoms with Crippen LogP contribution in [0.5, 0.6) is 0 Å². The van der Waals surface area contributed by atoms with Crippen LogP contribution in [0.2, 0.25) is 0 Å². The van der Waals surface area contributed by atoms with Crippen LogP contribution in [-0.2, 0) is 19.2 Å². The molecule has 0 aliphatic heterocycles. The van der Waals surface area contributed by atoms with Crippen LogP contribution < -0.4 is 0 Å². The maximum Gasteiger partial charge on any atom is 0.132 e. The van der Waals surface area contributed by atoms with Gasteiger partial charge >= 0.3 is 0 Å². The molecule has 0 fully saturated rings. The summed E-state index contributed by atoms with van der Waals surface area (Å²) >= 11 is 0. The molecule has 0 atom stereocenters. The van der Waals surface area contributed by atoms with E-state index in [1.165, 1.54) is 0 Å². The minimum absolute atomic E-state index is 0.0321. The molecule has 0 saturated carbocycles. The normalized spacial score (nSPS) is 12.0. The van der Waals surface area contributed by atoms with Crippen molar-refractivity contribution in [3.8, 4) is 0 Å². The van der Waals surface area contributed by atoms with Gasteiger partial charge in [-0.05, 0) is 42.9 Å². The van der Waals surface area contributed by atoms with Crippen molar-refractivity contribution >= 4 is 24.1 Å². The number of rotatable bonds is 16. The van der Waals surface area contributed by atoms with Gasteiger partial charge in [0.15, 0.2) is 0 Å². The summed E-state index contributed by atoms with van der Waals surface area (Å²) in [6, 6.07) is 0. The third-order valence-corrected chi connectivity index (χ3v) is 4.80. The highest BCUT2D eigenvalue weighted by Crippen LogP contribution is 2.27. The highest BCUT2D eigenvalue weighted by Gasteiger charge is 2.18. The van der Waals surface area contributed by atoms with Gasteiger partial charge in [0, 0.05) is 38.5 Å². The minimum atomic E-state index is -0.0321. The largest absolute Gasteiger partial charge is 0.303 e. The predicted molar refractivity (Wildman–Crippen MR) is 100 cm³/mol. The van der Waals surface area contributed by atoms with Gasteiger partial charge in [-0.1, -0.05) is 27.7 Å². The van der Waals surface area contributed by atoms with E-state index in [0.29, 0.717) is 44.9 Å². The predicted octanol–water partition coefficient (Wildman–Crippen LogP) is 4.87. The summed E-state index contributed by atoms with van der Waals surface area (Å²) in [6.45, 7) is 8.17. The lowest BCUT2D eigenvalue weighted by molar-refractivity contribution is -0.120. The van der Waals surface area contributed by atoms with Gasteiger partial charge in [-0.3, -0.25) is 9.59 Å². The third kappa shape index (κ3) is 13.6. The molecule has 0 aromatic carbocycles. The molecule has 0 saturated heterocycles. The van der Waals surface area contributed by atoms with Crippen LogP contribution in [0.3, 0.4) is 0 Å². The monoisotopic (exact) mass is 352 g/mol. The first kappa shape index (κ1) is 23.7. The van der Waals surface area contributed by atoms with Crippen LogP contribution >= 0.6 is 0 Å². The highest BCUT2D eigenvalue weighted by atomic mass is 16.1. The van der Waals surface area contributed by atoms with Gasteiger partial charge in [-0.15, -0.1) is 0 Å². The van der Waals surface area contributed by atoms with Crippen molar-refractivity contribution in [3.05, 3.63) is 0 Å². The van der Waals surface area contributed by atoms with Crippen molar-refractivity contribution < 1.29 is 19.2 Å². The Labute approximate surface area is 153 Å². The Hall–Kier alpha value is -1.32. The minimum Gasteiger partial charge on any atom is -0.303 e. The van der Waals surface area contributed by atoms with Crippen LogP contribution in [0.25, 0.3) is 0 Å². The summed E-state index contributed by atoms with van der Waals surface area (Å²) in [6.07, 6.45) is 8.92. The quantitative estimate of drug-likeness (QED) is 0.372. The summed E-state index contributed by atoms with van der Waals surface area (Å²) in [7, 11) is 0. The number of hydrogen-bond acceptors (Lipinski definition) is 4. The van der Waals surface area contributed by atoms with Crippen molar-refractivity contribution in [2.45, 2.75) is 98.3 Å². The zero-order valence-electron chi connectivity index (χ0n) is 16.6. The van der Waals surface area contributed by atoms with Crippen LogP contribution in [0.1, 0.15) is 98.3 Å². The topological polar surface area (TPSA) is 68.3 Å². The van der Waals surface area contributed by atoms with E-state index in [0.717, 1.165) is 38.3 Å². The molecule has 0 aliphatic rings. The number of carbonyl (C=O) groups excluding carboxylic acids is 4. The molecule has 4 nitrogen and oxygen atoms in total. The van der Waals surface area contributed by atoms with Gasteiger partial charge in [0.25, 0.3) is 0 Å². The Balaban J connectivity index is 3.78. The van der Waals surface area contributed by atoms with Crippen LogP contribution in [-0.4, -0.2) is 24.1 Å². The number of ketones is 2. The molecule has 0 unspecified atom stereocenters. The van der Waals surface area contributed by atoms with E-state index in [-0.39, 0.29) is 22.4 Å². The lowest BCUT2D eigenvalue weighted by atomic mass is 9.84. The lowest BCUT2D eigenvalue weighted by Gasteiger charge is -2.21. The fraction of sp³-hybridized carbons (Fsp3) is 0.810. The fourth-order valence-electron chi connectivity index (χ4n) is 2.92. The molecule has 0 rings (SSSR count). The van der Waals surface area contributed by atoms with E-state index < -0.39 is 0 Å². The summed E-state index contributed by atoms with van der Waals surface area (Å²) in [5.74, 6) is 0.420. The molecular weight excluding hydrogens is 316 g/mol. The first-order valence-corrected chi connectivity index (χ1v) is 9.52. The zero-order valence-corrected chi connectivity index (χ0v) is 16.6. The van der Waals surface area contributed by atoms with Gasteiger partial charge in [-0.2, -0.15) is 0 Å². The molecule has 144 valence electrons. The van der Waals surface area contributed by atoms with Crippen LogP contribution in [0.15, 0.2) is 0 Å². The second-order valence-corrected chi connectivity index (χ2v) is 8.71. The van der Waals surface area contributed by atoms with Gasteiger partial charge in [0.2, 0.25) is 0 Å². The molecule has 0 radical (unpaired) electrons. The van der Waals surface area contributed by atoms with Gasteiger partial charge in [0.1, 0.15) is 24.1 Å². The van der Waals surface area contributed by atoms with E-state index in [1.807, 2.05) is 27.7 Å². The molecule has 0 bridgehead atoms. The van der Waals surface area contributed by atoms with Crippen molar-refractivity contribution in [2.75, 3.05) is 0 Å². The number of aldehydes is 2. The van der Waals surface area contributed by atoms with E-state index in [4.69, 9.17) is 0 Å². The summed E-state index contributed by atoms with van der Waals surface area (Å²) < 4.78 is 0. The summed E-state index contributed by atoms with van der Waals surface area (Å²) in [4.78, 5) is 44.9. The maximum atomic E-state index is 11.9. The third-order valence-electron chi connectivity index (χ3n) is 4.80. The molecule has 0 amide bonds. The van der Waals surface area contributed by atoms with Crippen LogP contribution in [0, 0.1) is 10.8 Å². The first-order valence-electron chi connectivity index (χ1n) is 9.52. The Morgan fingerprint density at radius 1 is 0.640 bits per heavy atom. The second-order valence-electron chi connectivity index (χ2n) is 8.71. The molecule has 4 heteroatoms. The average molecular weight is 353 g/mol. The molecular formula is C21H36O4. The molecule has 0 heterocycles. The van der Waals surface area contributed by atoms with Gasteiger partial charge in [-0.25, -0.2) is 0 Å². The molecule has 0 aromatic heterocycles. The first-order chi connectivity index (χ1) is 11.6. The van der Waals surface area contributed by atoms with E-state index in [2.05, 4.69) is 0 Å². The van der Waals surface area contributed by atoms with E-state index >= 15 is 0 Å². The summed E-state index contributed by atoms with van der Waals surface area (Å²) in [5, 5.41) is 0. The van der Waals surface area contributed by atoms with Crippen LogP contribution in [0.4, 0.5) is 0 Å². The lowest BCUT2D eigenvalue weighted by Crippen LogP contribution is -2.13. The molecule has 0 aromatic rings. The Morgan fingerprint density at radius 2 is 0.960 bits per heavy atom. The standard InChI is InChI=1S/C21H36O4/c1-20(2,14-16-22)12-6-10-18(24)8-5-9-19(25)11-7-13-21(3,4)15-17-23/h16-17H,5-15H2,1-4H3. The SMILES string of the molecule is CC(C)(CC=O)CCCC(=O)CCCC(=O)CCCC(C)(C)CC=O. The molecule has 0 aliphatic carbocycles. The van der Waals surface area contributed by atoms with Crippen molar-refractivity contribution in [1.82, 2.24) is 0 Å². The molecule has 0 N–H and O–H groups in total. The fourth-order valence-corrected chi connectivity index (χ4v) is 2.92. The van der Waals surface area contributed by atoms with Gasteiger partial charge < -0.3 is 9.59 Å². The molecule has 25 heavy (non-hydrogen) atoms. The molecule has 0 spiro atoms. The average Bonchev–Trinajstić information content (AvgIpc) is 2.46. The smallest absolute Gasteiger partial charge is 0.132 e. The number of Topliss-reactive ketones (excluding diaryl/α,β-unsaturated/α-hetero) is 2. The summed E-state index contributed by atoms with van der Waals surface area (Å²) in [5.41, 5.74) is -0.0642. The van der Waals surface area contributed by atoms with Crippen molar-refractivity contribution in [2.24, 2.45) is 10.8 Å². The number of carbonyl (C=O) groups is 4. The second kappa shape index (κ2) is 12.1. The Kier molecular flexibility index (Phi) is 11.5. The zero-order chi connectivity index (χ0) is 19.3. The maximum absolute atomic E-state index is 11.9. The highest BCUT2D eigenvalue weighted by molar-refractivity contribution is 5.81. The Bertz CT molecular complexity index is 395. The van der Waals surface area contributed by atoms with Crippen molar-refractivity contribution in [1.29, 1.82) is 0 Å². The number of hydrogen-bond donors (Lipinski definition) is 0. The Morgan fingerprint density at radius 3 is 1.28 bits per heavy atom. The van der Waals surface area contributed by atoms with E-state index in [9.17, 15) is 19.2 Å².